The van der Waals surface area contributed by atoms with E-state index in [2.05, 4.69) is 4.72 Å². The molecule has 1 aliphatic heterocycles. The van der Waals surface area contributed by atoms with Crippen molar-refractivity contribution in [2.24, 2.45) is 5.73 Å². The van der Waals surface area contributed by atoms with Gasteiger partial charge in [-0.25, -0.2) is 13.1 Å². The van der Waals surface area contributed by atoms with E-state index in [0.29, 0.717) is 26.1 Å². The Balaban J connectivity index is 2.74. The molecule has 5 nitrogen and oxygen atoms in total. The lowest BCUT2D eigenvalue weighted by Crippen LogP contribution is -2.54. The van der Waals surface area contributed by atoms with E-state index in [9.17, 15) is 8.42 Å². The second-order valence-corrected chi connectivity index (χ2v) is 6.85. The fraction of sp³-hybridized carbons (Fsp3) is 0.889. The van der Waals surface area contributed by atoms with Gasteiger partial charge in [-0.2, -0.15) is 0 Å². The molecule has 0 aliphatic carbocycles. The van der Waals surface area contributed by atoms with Gasteiger partial charge in [-0.15, -0.1) is 0 Å². The number of hydrogen-bond donors (Lipinski definition) is 2. The molecule has 0 aromatic carbocycles. The smallest absolute Gasteiger partial charge is 0.215 e. The molecule has 0 unspecified atom stereocenters. The first-order valence-corrected chi connectivity index (χ1v) is 7.11. The van der Waals surface area contributed by atoms with E-state index in [4.69, 9.17) is 22.7 Å². The van der Waals surface area contributed by atoms with Gasteiger partial charge in [-0.3, -0.25) is 0 Å². The van der Waals surface area contributed by atoms with Crippen LogP contribution in [0.2, 0.25) is 0 Å². The van der Waals surface area contributed by atoms with Crippen LogP contribution in [-0.4, -0.2) is 37.4 Å². The minimum atomic E-state index is -3.38. The molecular weight excluding hydrogens is 248 g/mol. The summed E-state index contributed by atoms with van der Waals surface area (Å²) >= 11 is 4.83. The van der Waals surface area contributed by atoms with Gasteiger partial charge in [0.2, 0.25) is 10.0 Å². The summed E-state index contributed by atoms with van der Waals surface area (Å²) < 4.78 is 31.7. The molecule has 0 spiro atoms. The van der Waals surface area contributed by atoms with Crippen LogP contribution in [0.4, 0.5) is 0 Å². The van der Waals surface area contributed by atoms with Crippen molar-refractivity contribution in [2.45, 2.75) is 37.5 Å². The highest BCUT2D eigenvalue weighted by Crippen LogP contribution is 2.17. The monoisotopic (exact) mass is 266 g/mol. The molecule has 0 bridgehead atoms. The number of nitrogens with one attached hydrogen (secondary N) is 1. The van der Waals surface area contributed by atoms with Crippen molar-refractivity contribution >= 4 is 27.2 Å². The van der Waals surface area contributed by atoms with Crippen molar-refractivity contribution in [3.8, 4) is 0 Å². The Kier molecular flexibility index (Phi) is 4.28. The third-order valence-corrected chi connectivity index (χ3v) is 5.27. The largest absolute Gasteiger partial charge is 0.392 e. The van der Waals surface area contributed by atoms with Crippen LogP contribution < -0.4 is 10.5 Å². The fourth-order valence-corrected chi connectivity index (χ4v) is 3.39. The Hall–Kier alpha value is -0.240. The van der Waals surface area contributed by atoms with Crippen molar-refractivity contribution in [1.82, 2.24) is 4.72 Å². The number of rotatable bonds is 4. The molecule has 16 heavy (non-hydrogen) atoms. The average molecular weight is 266 g/mol. The van der Waals surface area contributed by atoms with Crippen LogP contribution in [0.15, 0.2) is 0 Å². The van der Waals surface area contributed by atoms with Gasteiger partial charge in [0.1, 0.15) is 0 Å². The van der Waals surface area contributed by atoms with Crippen LogP contribution in [0.1, 0.15) is 26.7 Å². The van der Waals surface area contributed by atoms with Crippen molar-refractivity contribution in [3.63, 3.8) is 0 Å². The van der Waals surface area contributed by atoms with Gasteiger partial charge in [0.15, 0.2) is 0 Å². The van der Waals surface area contributed by atoms with Crippen LogP contribution >= 0.6 is 12.2 Å². The van der Waals surface area contributed by atoms with Crippen LogP contribution in [0.3, 0.4) is 0 Å². The topological polar surface area (TPSA) is 81.4 Å². The molecule has 94 valence electrons. The Labute approximate surface area is 102 Å². The number of thiocarbonyl (C=S) groups is 1. The minimum absolute atomic E-state index is 0.142. The van der Waals surface area contributed by atoms with Gasteiger partial charge < -0.3 is 10.5 Å². The molecule has 0 aromatic heterocycles. The van der Waals surface area contributed by atoms with Gasteiger partial charge in [-0.05, 0) is 26.7 Å². The number of ether oxygens (including phenoxy) is 1. The molecule has 1 heterocycles. The molecule has 1 rings (SSSR count). The maximum Gasteiger partial charge on any atom is 0.215 e. The molecule has 0 saturated carbocycles. The van der Waals surface area contributed by atoms with Crippen molar-refractivity contribution in [1.29, 1.82) is 0 Å². The maximum atomic E-state index is 12.0. The summed E-state index contributed by atoms with van der Waals surface area (Å²) in [5.41, 5.74) is 4.60. The normalized spacial score (nSPS) is 19.6. The van der Waals surface area contributed by atoms with Crippen LogP contribution in [-0.2, 0) is 14.8 Å². The highest BCUT2D eigenvalue weighted by atomic mass is 32.2. The van der Waals surface area contributed by atoms with E-state index in [-0.39, 0.29) is 4.99 Å². The lowest BCUT2D eigenvalue weighted by Gasteiger charge is -2.29. The Morgan fingerprint density at radius 2 is 1.94 bits per heavy atom. The lowest BCUT2D eigenvalue weighted by atomic mass is 10.1. The second-order valence-electron chi connectivity index (χ2n) is 4.45. The Bertz CT molecular complexity index is 359. The number of hydrogen-bond acceptors (Lipinski definition) is 4. The molecule has 0 radical (unpaired) electrons. The van der Waals surface area contributed by atoms with Gasteiger partial charge in [0.05, 0.1) is 15.8 Å². The van der Waals surface area contributed by atoms with Gasteiger partial charge in [0, 0.05) is 13.2 Å². The molecular formula is C9H18N2O3S2. The summed E-state index contributed by atoms with van der Waals surface area (Å²) in [6.45, 7) is 4.29. The van der Waals surface area contributed by atoms with E-state index in [1.165, 1.54) is 0 Å². The lowest BCUT2D eigenvalue weighted by molar-refractivity contribution is 0.0980. The third kappa shape index (κ3) is 3.38. The highest BCUT2D eigenvalue weighted by molar-refractivity contribution is 7.90. The van der Waals surface area contributed by atoms with Gasteiger partial charge >= 0.3 is 0 Å². The summed E-state index contributed by atoms with van der Waals surface area (Å²) in [6.07, 6.45) is 1.03. The SMILES string of the molecule is CC(C)(NS(=O)(=O)C1CCOCC1)C(N)=S. The van der Waals surface area contributed by atoms with E-state index in [1.54, 1.807) is 13.8 Å². The maximum absolute atomic E-state index is 12.0. The second kappa shape index (κ2) is 4.95. The predicted octanol–water partition coefficient (Wildman–Crippen LogP) is 0.150. The molecule has 1 aliphatic rings. The van der Waals surface area contributed by atoms with E-state index < -0.39 is 20.8 Å². The fourth-order valence-electron chi connectivity index (χ4n) is 1.48. The summed E-state index contributed by atoms with van der Waals surface area (Å²) in [5, 5.41) is -0.408. The average Bonchev–Trinajstić information content (AvgIpc) is 2.17. The molecule has 0 atom stereocenters. The predicted molar refractivity (Wildman–Crippen MR) is 66.8 cm³/mol. The zero-order valence-corrected chi connectivity index (χ0v) is 11.2. The molecule has 0 amide bonds. The van der Waals surface area contributed by atoms with Gasteiger partial charge in [0.25, 0.3) is 0 Å². The van der Waals surface area contributed by atoms with E-state index in [0.717, 1.165) is 0 Å². The van der Waals surface area contributed by atoms with Crippen LogP contribution in [0, 0.1) is 0 Å². The quantitative estimate of drug-likeness (QED) is 0.708. The molecule has 3 N–H and O–H groups in total. The van der Waals surface area contributed by atoms with Gasteiger partial charge in [-0.1, -0.05) is 12.2 Å². The Morgan fingerprint density at radius 1 is 1.44 bits per heavy atom. The Morgan fingerprint density at radius 3 is 2.38 bits per heavy atom. The summed E-state index contributed by atoms with van der Waals surface area (Å²) in [5.74, 6) is 0. The first-order valence-electron chi connectivity index (χ1n) is 5.16. The van der Waals surface area contributed by atoms with E-state index in [1.807, 2.05) is 0 Å². The van der Waals surface area contributed by atoms with Crippen molar-refractivity contribution in [3.05, 3.63) is 0 Å². The standard InChI is InChI=1S/C9H18N2O3S2/c1-9(2,8(10)15)11-16(12,13)7-3-5-14-6-4-7/h7,11H,3-6H2,1-2H3,(H2,10,15). The molecule has 7 heteroatoms. The number of nitrogens with two attached hydrogens (primary N) is 1. The first kappa shape index (κ1) is 13.8. The zero-order valence-electron chi connectivity index (χ0n) is 9.52. The zero-order chi connectivity index (χ0) is 12.4. The van der Waals surface area contributed by atoms with Crippen LogP contribution in [0.5, 0.6) is 0 Å². The molecule has 1 fully saturated rings. The highest BCUT2D eigenvalue weighted by Gasteiger charge is 2.34. The third-order valence-electron chi connectivity index (χ3n) is 2.62. The molecule has 0 aromatic rings. The summed E-state index contributed by atoms with van der Waals surface area (Å²) in [6, 6.07) is 0. The summed E-state index contributed by atoms with van der Waals surface area (Å²) in [4.78, 5) is 0.142. The van der Waals surface area contributed by atoms with Crippen molar-refractivity contribution < 1.29 is 13.2 Å². The van der Waals surface area contributed by atoms with E-state index >= 15 is 0 Å². The summed E-state index contributed by atoms with van der Waals surface area (Å²) in [7, 11) is -3.38. The van der Waals surface area contributed by atoms with Crippen LogP contribution in [0.25, 0.3) is 0 Å². The van der Waals surface area contributed by atoms with Crippen molar-refractivity contribution in [2.75, 3.05) is 13.2 Å². The number of sulfonamides is 1. The minimum Gasteiger partial charge on any atom is -0.392 e. The first-order chi connectivity index (χ1) is 7.26. The molecule has 1 saturated heterocycles.